The van der Waals surface area contributed by atoms with Gasteiger partial charge in [-0.3, -0.25) is 19.4 Å². The Bertz CT molecular complexity index is 838. The number of pyridine rings is 1. The van der Waals surface area contributed by atoms with Crippen LogP contribution in [0, 0.1) is 0 Å². The second-order valence-corrected chi connectivity index (χ2v) is 6.63. The third-order valence-electron chi connectivity index (χ3n) is 4.06. The predicted octanol–water partition coefficient (Wildman–Crippen LogP) is 2.37. The Hall–Kier alpha value is -2.54. The number of benzene rings is 1. The van der Waals surface area contributed by atoms with E-state index in [0.717, 1.165) is 28.6 Å². The second-order valence-electron chi connectivity index (χ2n) is 5.71. The Labute approximate surface area is 153 Å². The van der Waals surface area contributed by atoms with E-state index in [4.69, 9.17) is 0 Å². The van der Waals surface area contributed by atoms with Gasteiger partial charge < -0.3 is 10.2 Å². The van der Waals surface area contributed by atoms with Crippen molar-refractivity contribution in [1.29, 1.82) is 0 Å². The third-order valence-corrected chi connectivity index (χ3v) is 4.50. The number of aromatic nitrogens is 1. The molecule has 0 atom stereocenters. The van der Waals surface area contributed by atoms with Crippen LogP contribution in [0.2, 0.25) is 0 Å². The van der Waals surface area contributed by atoms with Gasteiger partial charge in [-0.2, -0.15) is 0 Å². The first-order valence-corrected chi connectivity index (χ1v) is 8.64. The first-order chi connectivity index (χ1) is 12.1. The lowest BCUT2D eigenvalue weighted by Gasteiger charge is -2.10. The van der Waals surface area contributed by atoms with Crippen molar-refractivity contribution >= 4 is 39.7 Å². The highest BCUT2D eigenvalue weighted by Gasteiger charge is 2.19. The lowest BCUT2D eigenvalue weighted by molar-refractivity contribution is -0.107. The molecule has 3 rings (SSSR count). The van der Waals surface area contributed by atoms with E-state index in [1.165, 1.54) is 6.20 Å². The zero-order valence-corrected chi connectivity index (χ0v) is 15.0. The van der Waals surface area contributed by atoms with Gasteiger partial charge in [-0.1, -0.05) is 0 Å². The highest BCUT2D eigenvalue weighted by molar-refractivity contribution is 9.10. The Morgan fingerprint density at radius 1 is 1.24 bits per heavy atom. The van der Waals surface area contributed by atoms with E-state index in [9.17, 15) is 14.4 Å². The van der Waals surface area contributed by atoms with Crippen molar-refractivity contribution in [2.75, 3.05) is 18.0 Å². The van der Waals surface area contributed by atoms with Crippen LogP contribution in [0.5, 0.6) is 0 Å². The van der Waals surface area contributed by atoms with Gasteiger partial charge in [0.15, 0.2) is 5.78 Å². The molecule has 1 aliphatic heterocycles. The minimum atomic E-state index is -0.267. The number of carbonyl (C=O) groups excluding carboxylic acids is 3. The Morgan fingerprint density at radius 3 is 2.84 bits per heavy atom. The predicted molar refractivity (Wildman–Crippen MR) is 96.8 cm³/mol. The molecular formula is C18H16BrN3O3. The first kappa shape index (κ1) is 17.3. The van der Waals surface area contributed by atoms with E-state index in [1.807, 2.05) is 6.07 Å². The third kappa shape index (κ3) is 3.93. The Morgan fingerprint density at radius 2 is 2.08 bits per heavy atom. The van der Waals surface area contributed by atoms with E-state index in [1.54, 1.807) is 29.3 Å². The number of halogens is 1. The molecule has 0 spiro atoms. The van der Waals surface area contributed by atoms with Crippen molar-refractivity contribution in [2.24, 2.45) is 0 Å². The van der Waals surface area contributed by atoms with Crippen molar-refractivity contribution in [3.05, 3.63) is 57.8 Å². The second kappa shape index (κ2) is 7.57. The van der Waals surface area contributed by atoms with Crippen LogP contribution in [0.4, 0.5) is 5.69 Å². The molecule has 0 unspecified atom stereocenters. The molecule has 1 N–H and O–H groups in total. The van der Waals surface area contributed by atoms with E-state index in [2.05, 4.69) is 26.2 Å². The average Bonchev–Trinajstić information content (AvgIpc) is 3.03. The number of Topliss-reactive ketones (excluding diaryl/α,β-unsaturated/α-hetero) is 1. The maximum atomic E-state index is 12.3. The summed E-state index contributed by atoms with van der Waals surface area (Å²) in [5.41, 5.74) is 2.90. The number of ketones is 1. The van der Waals surface area contributed by atoms with Crippen LogP contribution in [-0.2, 0) is 11.2 Å². The zero-order valence-electron chi connectivity index (χ0n) is 13.4. The molecule has 2 amide bonds. The van der Waals surface area contributed by atoms with E-state index >= 15 is 0 Å². The monoisotopic (exact) mass is 401 g/mol. The van der Waals surface area contributed by atoms with Crippen molar-refractivity contribution in [3.8, 4) is 0 Å². The zero-order chi connectivity index (χ0) is 17.8. The maximum Gasteiger partial charge on any atom is 0.252 e. The van der Waals surface area contributed by atoms with Crippen LogP contribution in [-0.4, -0.2) is 36.2 Å². The van der Waals surface area contributed by atoms with Gasteiger partial charge in [-0.25, -0.2) is 0 Å². The SMILES string of the molecule is O=CN1CCc2cc(C(=O)CCNC(=O)c3cncc(Br)c3)ccc21. The number of rotatable bonds is 6. The van der Waals surface area contributed by atoms with Crippen LogP contribution < -0.4 is 10.2 Å². The fraction of sp³-hybridized carbons (Fsp3) is 0.222. The lowest BCUT2D eigenvalue weighted by Crippen LogP contribution is -2.26. The first-order valence-electron chi connectivity index (χ1n) is 7.85. The Balaban J connectivity index is 1.56. The number of amides is 2. The van der Waals surface area contributed by atoms with Crippen LogP contribution in [0.15, 0.2) is 41.1 Å². The van der Waals surface area contributed by atoms with Crippen LogP contribution in [0.3, 0.4) is 0 Å². The molecule has 0 aliphatic carbocycles. The van der Waals surface area contributed by atoms with Crippen LogP contribution >= 0.6 is 15.9 Å². The molecule has 7 heteroatoms. The molecule has 2 aromatic rings. The standard InChI is InChI=1S/C18H16BrN3O3/c19-15-8-14(9-20-10-15)18(25)21-5-3-17(24)13-1-2-16-12(7-13)4-6-22(16)11-23/h1-2,7-11H,3-6H2,(H,21,25). The molecule has 25 heavy (non-hydrogen) atoms. The highest BCUT2D eigenvalue weighted by Crippen LogP contribution is 2.27. The fourth-order valence-electron chi connectivity index (χ4n) is 2.78. The lowest BCUT2D eigenvalue weighted by atomic mass is 10.0. The van der Waals surface area contributed by atoms with E-state index < -0.39 is 0 Å². The highest BCUT2D eigenvalue weighted by atomic mass is 79.9. The summed E-state index contributed by atoms with van der Waals surface area (Å²) in [7, 11) is 0. The maximum absolute atomic E-state index is 12.3. The summed E-state index contributed by atoms with van der Waals surface area (Å²) in [6, 6.07) is 7.03. The van der Waals surface area contributed by atoms with Crippen molar-refractivity contribution in [2.45, 2.75) is 12.8 Å². The van der Waals surface area contributed by atoms with Gasteiger partial charge in [0.05, 0.1) is 5.56 Å². The van der Waals surface area contributed by atoms with Gasteiger partial charge in [0.1, 0.15) is 0 Å². The molecule has 0 saturated heterocycles. The van der Waals surface area contributed by atoms with Gasteiger partial charge in [0, 0.05) is 47.6 Å². The van der Waals surface area contributed by atoms with Crippen molar-refractivity contribution in [1.82, 2.24) is 10.3 Å². The minimum absolute atomic E-state index is 0.0416. The molecule has 1 aromatic heterocycles. The molecule has 1 aliphatic rings. The van der Waals surface area contributed by atoms with Gasteiger partial charge in [-0.15, -0.1) is 0 Å². The summed E-state index contributed by atoms with van der Waals surface area (Å²) in [5.74, 6) is -0.308. The molecule has 6 nitrogen and oxygen atoms in total. The summed E-state index contributed by atoms with van der Waals surface area (Å²) >= 11 is 3.26. The number of anilines is 1. The topological polar surface area (TPSA) is 79.4 Å². The minimum Gasteiger partial charge on any atom is -0.352 e. The van der Waals surface area contributed by atoms with E-state index in [-0.39, 0.29) is 24.7 Å². The smallest absolute Gasteiger partial charge is 0.252 e. The number of nitrogens with zero attached hydrogens (tertiary/aromatic N) is 2. The summed E-state index contributed by atoms with van der Waals surface area (Å²) in [4.78, 5) is 40.8. The van der Waals surface area contributed by atoms with Gasteiger partial charge >= 0.3 is 0 Å². The van der Waals surface area contributed by atoms with Crippen molar-refractivity contribution < 1.29 is 14.4 Å². The molecule has 2 heterocycles. The normalized spacial score (nSPS) is 12.6. The van der Waals surface area contributed by atoms with E-state index in [0.29, 0.717) is 17.7 Å². The van der Waals surface area contributed by atoms with Gasteiger partial charge in [0.2, 0.25) is 6.41 Å². The molecule has 0 bridgehead atoms. The molecule has 0 radical (unpaired) electrons. The van der Waals surface area contributed by atoms with Crippen LogP contribution in [0.1, 0.15) is 32.7 Å². The molecule has 0 fully saturated rings. The number of fused-ring (bicyclic) bond motifs is 1. The van der Waals surface area contributed by atoms with Crippen molar-refractivity contribution in [3.63, 3.8) is 0 Å². The summed E-state index contributed by atoms with van der Waals surface area (Å²) in [5, 5.41) is 2.72. The quantitative estimate of drug-likeness (QED) is 0.595. The van der Waals surface area contributed by atoms with Gasteiger partial charge in [0.25, 0.3) is 5.91 Å². The van der Waals surface area contributed by atoms with Gasteiger partial charge in [-0.05, 0) is 52.2 Å². The molecular weight excluding hydrogens is 386 g/mol. The number of hydrogen-bond donors (Lipinski definition) is 1. The number of nitrogens with one attached hydrogen (secondary N) is 1. The molecule has 0 saturated carbocycles. The largest absolute Gasteiger partial charge is 0.352 e. The summed E-state index contributed by atoms with van der Waals surface area (Å²) in [6.45, 7) is 0.898. The summed E-state index contributed by atoms with van der Waals surface area (Å²) in [6.07, 6.45) is 4.84. The Kier molecular flexibility index (Phi) is 5.23. The molecule has 1 aromatic carbocycles. The number of hydrogen-bond acceptors (Lipinski definition) is 4. The average molecular weight is 402 g/mol. The summed E-state index contributed by atoms with van der Waals surface area (Å²) < 4.78 is 0.721. The van der Waals surface area contributed by atoms with Crippen LogP contribution in [0.25, 0.3) is 0 Å². The number of carbonyl (C=O) groups is 3. The molecule has 128 valence electrons. The fourth-order valence-corrected chi connectivity index (χ4v) is 3.15.